The number of aryl methyl sites for hydroxylation is 2. The Kier molecular flexibility index (Phi) is 8.84. The van der Waals surface area contributed by atoms with Crippen molar-refractivity contribution in [3.8, 4) is 5.69 Å². The fourth-order valence-corrected chi connectivity index (χ4v) is 2.98. The van der Waals surface area contributed by atoms with Gasteiger partial charge in [0.2, 0.25) is 0 Å². The van der Waals surface area contributed by atoms with E-state index in [2.05, 4.69) is 53.8 Å². The summed E-state index contributed by atoms with van der Waals surface area (Å²) in [5, 5.41) is 11.4. The summed E-state index contributed by atoms with van der Waals surface area (Å²) in [6.45, 7) is 9.37. The van der Waals surface area contributed by atoms with Crippen molar-refractivity contribution >= 4 is 5.96 Å². The van der Waals surface area contributed by atoms with Crippen LogP contribution in [0.1, 0.15) is 43.1 Å². The van der Waals surface area contributed by atoms with Gasteiger partial charge in [0.05, 0.1) is 17.9 Å². The molecule has 0 atom stereocenters. The summed E-state index contributed by atoms with van der Waals surface area (Å²) in [5.41, 5.74) is 4.39. The third-order valence-electron chi connectivity index (χ3n) is 4.30. The molecule has 1 aromatic heterocycles. The Balaban J connectivity index is 2.02. The normalized spacial score (nSPS) is 11.6. The van der Waals surface area contributed by atoms with Crippen molar-refractivity contribution < 1.29 is 4.74 Å². The maximum atomic E-state index is 5.09. The smallest absolute Gasteiger partial charge is 0.191 e. The summed E-state index contributed by atoms with van der Waals surface area (Å²) >= 11 is 0. The Hall–Kier alpha value is -2.34. The van der Waals surface area contributed by atoms with Crippen LogP contribution in [0.2, 0.25) is 0 Å². The van der Waals surface area contributed by atoms with Gasteiger partial charge in [-0.05, 0) is 57.7 Å². The zero-order valence-electron chi connectivity index (χ0n) is 17.1. The van der Waals surface area contributed by atoms with Gasteiger partial charge in [-0.15, -0.1) is 0 Å². The first kappa shape index (κ1) is 21.0. The fourth-order valence-electron chi connectivity index (χ4n) is 2.98. The SMILES string of the molecule is CCNC(=NCc1ccccc1-n1nc(C)cc1C)NCCCCCOC. The van der Waals surface area contributed by atoms with Gasteiger partial charge in [0.25, 0.3) is 0 Å². The summed E-state index contributed by atoms with van der Waals surface area (Å²) in [7, 11) is 1.75. The van der Waals surface area contributed by atoms with Crippen molar-refractivity contribution in [2.24, 2.45) is 4.99 Å². The molecule has 0 fully saturated rings. The van der Waals surface area contributed by atoms with Crippen molar-refractivity contribution in [1.82, 2.24) is 20.4 Å². The summed E-state index contributed by atoms with van der Waals surface area (Å²) < 4.78 is 7.09. The Morgan fingerprint density at radius 2 is 1.96 bits per heavy atom. The summed E-state index contributed by atoms with van der Waals surface area (Å²) in [6, 6.07) is 10.4. The van der Waals surface area contributed by atoms with Crippen LogP contribution in [0, 0.1) is 13.8 Å². The molecule has 2 aromatic rings. The number of aromatic nitrogens is 2. The van der Waals surface area contributed by atoms with Crippen molar-refractivity contribution in [1.29, 1.82) is 0 Å². The van der Waals surface area contributed by atoms with Gasteiger partial charge in [0.15, 0.2) is 5.96 Å². The fraction of sp³-hybridized carbons (Fsp3) is 0.524. The van der Waals surface area contributed by atoms with E-state index in [-0.39, 0.29) is 0 Å². The number of hydrogen-bond acceptors (Lipinski definition) is 3. The molecule has 148 valence electrons. The highest BCUT2D eigenvalue weighted by molar-refractivity contribution is 5.79. The molecular formula is C21H33N5O. The maximum absolute atomic E-state index is 5.09. The van der Waals surface area contributed by atoms with Gasteiger partial charge >= 0.3 is 0 Å². The minimum atomic E-state index is 0.605. The van der Waals surface area contributed by atoms with Crippen LogP contribution in [0.15, 0.2) is 35.3 Å². The molecule has 0 radical (unpaired) electrons. The van der Waals surface area contributed by atoms with Gasteiger partial charge < -0.3 is 15.4 Å². The molecular weight excluding hydrogens is 338 g/mol. The van der Waals surface area contributed by atoms with E-state index in [0.717, 1.165) is 67.6 Å². The molecule has 0 aliphatic heterocycles. The van der Waals surface area contributed by atoms with E-state index in [9.17, 15) is 0 Å². The number of nitrogens with zero attached hydrogens (tertiary/aromatic N) is 3. The van der Waals surface area contributed by atoms with Crippen LogP contribution < -0.4 is 10.6 Å². The van der Waals surface area contributed by atoms with Crippen LogP contribution in [0.3, 0.4) is 0 Å². The zero-order valence-corrected chi connectivity index (χ0v) is 17.1. The van der Waals surface area contributed by atoms with Crippen molar-refractivity contribution in [2.45, 2.75) is 46.6 Å². The van der Waals surface area contributed by atoms with Crippen molar-refractivity contribution in [2.75, 3.05) is 26.8 Å². The molecule has 0 spiro atoms. The second-order valence-electron chi connectivity index (χ2n) is 6.64. The van der Waals surface area contributed by atoms with Crippen LogP contribution in [-0.4, -0.2) is 42.5 Å². The predicted octanol–water partition coefficient (Wildman–Crippen LogP) is 3.36. The molecule has 0 unspecified atom stereocenters. The average Bonchev–Trinajstić information content (AvgIpc) is 3.00. The second-order valence-corrected chi connectivity index (χ2v) is 6.64. The first-order valence-corrected chi connectivity index (χ1v) is 9.78. The Morgan fingerprint density at radius 3 is 2.67 bits per heavy atom. The highest BCUT2D eigenvalue weighted by Crippen LogP contribution is 2.17. The average molecular weight is 372 g/mol. The molecule has 2 rings (SSSR count). The number of nitrogens with one attached hydrogen (secondary N) is 2. The number of guanidine groups is 1. The van der Waals surface area contributed by atoms with Gasteiger partial charge in [-0.3, -0.25) is 0 Å². The third-order valence-corrected chi connectivity index (χ3v) is 4.30. The quantitative estimate of drug-likeness (QED) is 0.382. The molecule has 0 saturated heterocycles. The number of aliphatic imine (C=N–C) groups is 1. The van der Waals surface area contributed by atoms with Gasteiger partial charge in [0, 0.05) is 32.5 Å². The van der Waals surface area contributed by atoms with Crippen LogP contribution in [0.4, 0.5) is 0 Å². The molecule has 27 heavy (non-hydrogen) atoms. The number of para-hydroxylation sites is 1. The van der Waals surface area contributed by atoms with Crippen LogP contribution in [0.5, 0.6) is 0 Å². The van der Waals surface area contributed by atoms with Crippen LogP contribution >= 0.6 is 0 Å². The van der Waals surface area contributed by atoms with Gasteiger partial charge in [-0.2, -0.15) is 5.10 Å². The zero-order chi connectivity index (χ0) is 19.5. The molecule has 6 nitrogen and oxygen atoms in total. The number of unbranched alkanes of at least 4 members (excludes halogenated alkanes) is 2. The molecule has 2 N–H and O–H groups in total. The lowest BCUT2D eigenvalue weighted by Crippen LogP contribution is -2.37. The Morgan fingerprint density at radius 1 is 1.15 bits per heavy atom. The molecule has 0 aliphatic rings. The largest absolute Gasteiger partial charge is 0.385 e. The van der Waals surface area contributed by atoms with Gasteiger partial charge in [-0.1, -0.05) is 18.2 Å². The van der Waals surface area contributed by atoms with E-state index < -0.39 is 0 Å². The number of ether oxygens (including phenoxy) is 1. The van der Waals surface area contributed by atoms with Crippen LogP contribution in [0.25, 0.3) is 5.69 Å². The van der Waals surface area contributed by atoms with E-state index >= 15 is 0 Å². The van der Waals surface area contributed by atoms with E-state index in [1.165, 1.54) is 0 Å². The number of rotatable bonds is 10. The Labute approximate surface area is 163 Å². The lowest BCUT2D eigenvalue weighted by Gasteiger charge is -2.13. The number of methoxy groups -OCH3 is 1. The van der Waals surface area contributed by atoms with E-state index in [4.69, 9.17) is 9.73 Å². The lowest BCUT2D eigenvalue weighted by atomic mass is 10.2. The minimum absolute atomic E-state index is 0.605. The predicted molar refractivity (Wildman–Crippen MR) is 112 cm³/mol. The van der Waals surface area contributed by atoms with Crippen molar-refractivity contribution in [3.05, 3.63) is 47.3 Å². The molecule has 0 amide bonds. The molecule has 1 aromatic carbocycles. The first-order valence-electron chi connectivity index (χ1n) is 9.78. The van der Waals surface area contributed by atoms with Gasteiger partial charge in [0.1, 0.15) is 0 Å². The van der Waals surface area contributed by atoms with Crippen molar-refractivity contribution in [3.63, 3.8) is 0 Å². The monoisotopic (exact) mass is 371 g/mol. The van der Waals surface area contributed by atoms with E-state index in [1.807, 2.05) is 17.7 Å². The minimum Gasteiger partial charge on any atom is -0.385 e. The topological polar surface area (TPSA) is 63.5 Å². The molecule has 0 bridgehead atoms. The maximum Gasteiger partial charge on any atom is 0.191 e. The third kappa shape index (κ3) is 6.71. The number of benzene rings is 1. The summed E-state index contributed by atoms with van der Waals surface area (Å²) in [4.78, 5) is 4.77. The standard InChI is InChI=1S/C21H33N5O/c1-5-22-21(23-13-9-6-10-14-27-4)24-16-19-11-7-8-12-20(19)26-18(3)15-17(2)25-26/h7-8,11-12,15H,5-6,9-10,13-14,16H2,1-4H3,(H2,22,23,24). The van der Waals surface area contributed by atoms with E-state index in [1.54, 1.807) is 7.11 Å². The second kappa shape index (κ2) is 11.4. The molecule has 0 saturated carbocycles. The highest BCUT2D eigenvalue weighted by Gasteiger charge is 2.08. The highest BCUT2D eigenvalue weighted by atomic mass is 16.5. The van der Waals surface area contributed by atoms with E-state index in [0.29, 0.717) is 6.54 Å². The molecule has 6 heteroatoms. The first-order chi connectivity index (χ1) is 13.2. The summed E-state index contributed by atoms with van der Waals surface area (Å²) in [5.74, 6) is 0.854. The molecule has 1 heterocycles. The van der Waals surface area contributed by atoms with Crippen LogP contribution in [-0.2, 0) is 11.3 Å². The summed E-state index contributed by atoms with van der Waals surface area (Å²) in [6.07, 6.45) is 3.36. The molecule has 0 aliphatic carbocycles. The van der Waals surface area contributed by atoms with Gasteiger partial charge in [-0.25, -0.2) is 9.67 Å². The lowest BCUT2D eigenvalue weighted by molar-refractivity contribution is 0.192. The Bertz CT molecular complexity index is 723. The number of hydrogen-bond donors (Lipinski definition) is 2.